The van der Waals surface area contributed by atoms with E-state index >= 15 is 0 Å². The molecule has 2 atom stereocenters. The molecule has 1 aliphatic heterocycles. The van der Waals surface area contributed by atoms with E-state index in [1.807, 2.05) is 7.05 Å². The first-order chi connectivity index (χ1) is 19.6. The quantitative estimate of drug-likeness (QED) is 0.265. The van der Waals surface area contributed by atoms with E-state index in [1.54, 1.807) is 89.5 Å². The Bertz CT molecular complexity index is 1690. The van der Waals surface area contributed by atoms with Crippen molar-refractivity contribution in [1.82, 2.24) is 19.6 Å². The van der Waals surface area contributed by atoms with Crippen LogP contribution in [0.4, 0.5) is 27.4 Å². The van der Waals surface area contributed by atoms with E-state index in [4.69, 9.17) is 5.73 Å². The number of anilines is 4. The molecule has 2 aliphatic rings. The third-order valence-corrected chi connectivity index (χ3v) is 9.06. The third kappa shape index (κ3) is 6.32. The van der Waals surface area contributed by atoms with E-state index in [-0.39, 0.29) is 27.4 Å². The maximum Gasteiger partial charge on any atom is 0.233 e. The van der Waals surface area contributed by atoms with Gasteiger partial charge in [-0.2, -0.15) is 10.2 Å². The van der Waals surface area contributed by atoms with Gasteiger partial charge in [0.2, 0.25) is 15.7 Å². The number of benzene rings is 2. The van der Waals surface area contributed by atoms with Gasteiger partial charge in [0.1, 0.15) is 5.82 Å². The second-order valence-electron chi connectivity index (χ2n) is 10.2. The van der Waals surface area contributed by atoms with Crippen molar-refractivity contribution in [1.29, 1.82) is 0 Å². The number of fused-ring (bicyclic) bond motifs is 2. The summed E-state index contributed by atoms with van der Waals surface area (Å²) in [7, 11) is -0.0714. The fraction of sp³-hybridized carbons (Fsp3) is 0.276. The summed E-state index contributed by atoms with van der Waals surface area (Å²) in [6, 6.07) is 15.2. The Balaban J connectivity index is 0.000000423. The van der Waals surface area contributed by atoms with E-state index in [9.17, 15) is 17.6 Å². The minimum absolute atomic E-state index is 0.104. The molecule has 10 nitrogen and oxygen atoms in total. The maximum absolute atomic E-state index is 13.6. The zero-order chi connectivity index (χ0) is 29.1. The van der Waals surface area contributed by atoms with Crippen LogP contribution in [-0.4, -0.2) is 33.9 Å². The van der Waals surface area contributed by atoms with Crippen LogP contribution in [0.5, 0.6) is 0 Å². The van der Waals surface area contributed by atoms with Crippen LogP contribution in [0.3, 0.4) is 0 Å². The number of nitrogens with zero attached hydrogens (tertiary/aromatic N) is 4. The topological polar surface area (TPSA) is 137 Å². The number of aryl methyl sites for hydroxylation is 2. The predicted octanol–water partition coefficient (Wildman–Crippen LogP) is 5.08. The molecule has 214 valence electrons. The molecule has 4 aromatic rings. The number of para-hydroxylation sites is 1. The highest BCUT2D eigenvalue weighted by Gasteiger charge is 2.32. The second kappa shape index (κ2) is 11.6. The lowest BCUT2D eigenvalue weighted by molar-refractivity contribution is -0.118. The Labute approximate surface area is 238 Å². The van der Waals surface area contributed by atoms with Gasteiger partial charge in [-0.25, -0.2) is 12.8 Å². The van der Waals surface area contributed by atoms with Gasteiger partial charge in [-0.15, -0.1) is 0 Å². The monoisotopic (exact) mass is 577 g/mol. The van der Waals surface area contributed by atoms with Gasteiger partial charge in [0.25, 0.3) is 0 Å². The molecule has 0 bridgehead atoms. The number of nitrogens with one attached hydrogen (secondary N) is 2. The molecule has 0 radical (unpaired) electrons. The Morgan fingerprint density at radius 2 is 1.80 bits per heavy atom. The van der Waals surface area contributed by atoms with E-state index < -0.39 is 15.8 Å². The second-order valence-corrected chi connectivity index (χ2v) is 12.1. The first kappa shape index (κ1) is 28.1. The van der Waals surface area contributed by atoms with Crippen molar-refractivity contribution in [3.05, 3.63) is 84.5 Å². The number of hydrogen-bond acceptors (Lipinski definition) is 7. The Morgan fingerprint density at radius 3 is 2.44 bits per heavy atom. The predicted molar refractivity (Wildman–Crippen MR) is 155 cm³/mol. The highest BCUT2D eigenvalue weighted by molar-refractivity contribution is 7.92. The fourth-order valence-corrected chi connectivity index (χ4v) is 6.64. The molecule has 2 unspecified atom stereocenters. The first-order valence-electron chi connectivity index (χ1n) is 13.3. The van der Waals surface area contributed by atoms with Crippen LogP contribution >= 0.6 is 0 Å². The van der Waals surface area contributed by atoms with Crippen molar-refractivity contribution in [3.8, 4) is 0 Å². The lowest BCUT2D eigenvalue weighted by atomic mass is 9.82. The number of carbonyl (C=O) groups excluding carboxylic acids is 1. The number of nitrogens with two attached hydrogens (primary N) is 1. The molecule has 2 aromatic heterocycles. The average Bonchev–Trinajstić information content (AvgIpc) is 3.54. The number of allylic oxidation sites excluding steroid dienone is 2. The number of hydrogen-bond donors (Lipinski definition) is 3. The average molecular weight is 578 g/mol. The summed E-state index contributed by atoms with van der Waals surface area (Å²) in [5.41, 5.74) is 6.90. The van der Waals surface area contributed by atoms with E-state index in [0.29, 0.717) is 54.3 Å². The standard InChI is InChI=1S/C25H25FN4O3S.C4H7N3/c1-30-13-12-24(29-30)28-25(31)19(14-16-6-9-18(26)10-7-16)17-8-11-23-21(15-17)27-20-4-2-3-5-22(20)34(23,32)33;1-7-3-2-4(5)6-7/h2-5,8-9,11-13,15-16,19,27H,6-7,10,14H2,1H3,(H,28,29,31);2-3H,1H3,(H2,5,6). The zero-order valence-electron chi connectivity index (χ0n) is 22.8. The molecular formula is C29H32FN7O3S. The van der Waals surface area contributed by atoms with Gasteiger partial charge in [-0.1, -0.05) is 24.3 Å². The summed E-state index contributed by atoms with van der Waals surface area (Å²) < 4.78 is 43.1. The number of halogens is 1. The lowest BCUT2D eigenvalue weighted by Gasteiger charge is -2.26. The highest BCUT2D eigenvalue weighted by Crippen LogP contribution is 2.42. The molecule has 6 rings (SSSR count). The molecule has 4 N–H and O–H groups in total. The van der Waals surface area contributed by atoms with Crippen LogP contribution < -0.4 is 16.4 Å². The van der Waals surface area contributed by atoms with Crippen LogP contribution in [-0.2, 0) is 28.7 Å². The van der Waals surface area contributed by atoms with Gasteiger partial charge in [0.15, 0.2) is 5.82 Å². The lowest BCUT2D eigenvalue weighted by Crippen LogP contribution is -2.25. The van der Waals surface area contributed by atoms with E-state index in [0.717, 1.165) is 0 Å². The van der Waals surface area contributed by atoms with Crippen LogP contribution in [0.2, 0.25) is 0 Å². The molecule has 0 fully saturated rings. The third-order valence-electron chi connectivity index (χ3n) is 7.19. The number of sulfone groups is 1. The van der Waals surface area contributed by atoms with Crippen LogP contribution in [0.15, 0.2) is 88.7 Å². The Morgan fingerprint density at radius 1 is 1.07 bits per heavy atom. The first-order valence-corrected chi connectivity index (χ1v) is 14.7. The summed E-state index contributed by atoms with van der Waals surface area (Å²) in [5, 5.41) is 14.1. The van der Waals surface area contributed by atoms with Crippen molar-refractivity contribution in [2.24, 2.45) is 20.0 Å². The van der Waals surface area contributed by atoms with Gasteiger partial charge in [0, 0.05) is 32.6 Å². The maximum atomic E-state index is 13.6. The minimum Gasteiger partial charge on any atom is -0.382 e. The van der Waals surface area contributed by atoms with Gasteiger partial charge >= 0.3 is 0 Å². The largest absolute Gasteiger partial charge is 0.382 e. The summed E-state index contributed by atoms with van der Waals surface area (Å²) in [6.07, 6.45) is 7.27. The van der Waals surface area contributed by atoms with Crippen molar-refractivity contribution in [2.45, 2.75) is 41.4 Å². The number of amides is 1. The van der Waals surface area contributed by atoms with Crippen molar-refractivity contribution in [2.75, 3.05) is 16.4 Å². The summed E-state index contributed by atoms with van der Waals surface area (Å²) in [4.78, 5) is 13.8. The zero-order valence-corrected chi connectivity index (χ0v) is 23.6. The molecule has 3 heterocycles. The molecule has 1 aliphatic carbocycles. The van der Waals surface area contributed by atoms with Gasteiger partial charge in [-0.3, -0.25) is 14.2 Å². The number of nitrogen functional groups attached to an aromatic ring is 1. The SMILES string of the molecule is Cn1ccc(N)n1.Cn1ccc(NC(=O)C(CC2CC=C(F)CC2)c2ccc3c(c2)Nc2ccccc2S3(=O)=O)n1. The van der Waals surface area contributed by atoms with Crippen molar-refractivity contribution < 1.29 is 17.6 Å². The molecule has 0 spiro atoms. The van der Waals surface area contributed by atoms with Crippen LogP contribution in [0.25, 0.3) is 0 Å². The smallest absolute Gasteiger partial charge is 0.233 e. The number of aromatic nitrogens is 4. The molecule has 2 aromatic carbocycles. The van der Waals surface area contributed by atoms with E-state index in [1.165, 1.54) is 0 Å². The van der Waals surface area contributed by atoms with Crippen molar-refractivity contribution in [3.63, 3.8) is 0 Å². The minimum atomic E-state index is -3.67. The molecule has 1 amide bonds. The van der Waals surface area contributed by atoms with E-state index in [2.05, 4.69) is 20.8 Å². The van der Waals surface area contributed by atoms with Crippen molar-refractivity contribution >= 4 is 38.8 Å². The normalized spacial score (nSPS) is 17.5. The Kier molecular flexibility index (Phi) is 7.93. The molecule has 0 saturated heterocycles. The summed E-state index contributed by atoms with van der Waals surface area (Å²) in [5.74, 6) is 0.281. The van der Waals surface area contributed by atoms with Crippen LogP contribution in [0, 0.1) is 5.92 Å². The summed E-state index contributed by atoms with van der Waals surface area (Å²) in [6.45, 7) is 0. The van der Waals surface area contributed by atoms with Gasteiger partial charge in [0.05, 0.1) is 32.9 Å². The highest BCUT2D eigenvalue weighted by atomic mass is 32.2. The number of rotatable bonds is 5. The number of carbonyl (C=O) groups is 1. The summed E-state index contributed by atoms with van der Waals surface area (Å²) >= 11 is 0. The Hall–Kier alpha value is -4.45. The molecule has 12 heteroatoms. The molecule has 0 saturated carbocycles. The molecule has 41 heavy (non-hydrogen) atoms. The van der Waals surface area contributed by atoms with Gasteiger partial charge in [-0.05, 0) is 67.5 Å². The van der Waals surface area contributed by atoms with Gasteiger partial charge < -0.3 is 16.4 Å². The molecular weight excluding hydrogens is 545 g/mol. The fourth-order valence-electron chi connectivity index (χ4n) is 5.09. The van der Waals surface area contributed by atoms with Crippen LogP contribution in [0.1, 0.15) is 37.2 Å².